The minimum Gasteiger partial charge on any atom is -0.462 e. The minimum absolute atomic E-state index is 0.104. The number of phosphoric acid groups is 2. The van der Waals surface area contributed by atoms with E-state index in [-0.39, 0.29) is 25.7 Å². The molecule has 0 aromatic carbocycles. The number of esters is 4. The zero-order valence-electron chi connectivity index (χ0n) is 58.6. The van der Waals surface area contributed by atoms with E-state index in [1.807, 2.05) is 0 Å². The second-order valence-electron chi connectivity index (χ2n) is 26.6. The molecule has 0 aliphatic heterocycles. The monoisotopic (exact) mass is 1320 g/mol. The lowest BCUT2D eigenvalue weighted by molar-refractivity contribution is -0.161. The van der Waals surface area contributed by atoms with Gasteiger partial charge in [0.15, 0.2) is 12.2 Å². The van der Waals surface area contributed by atoms with Crippen LogP contribution in [0.2, 0.25) is 0 Å². The predicted octanol–water partition coefficient (Wildman–Crippen LogP) is 20.2. The number of carbonyl (C=O) groups is 4. The van der Waals surface area contributed by atoms with Crippen molar-refractivity contribution in [1.29, 1.82) is 0 Å². The summed E-state index contributed by atoms with van der Waals surface area (Å²) >= 11 is 0. The molecule has 4 unspecified atom stereocenters. The summed E-state index contributed by atoms with van der Waals surface area (Å²) in [6.07, 6.45) is 45.7. The van der Waals surface area contributed by atoms with E-state index in [2.05, 4.69) is 48.5 Å². The summed E-state index contributed by atoms with van der Waals surface area (Å²) in [7, 11) is -9.90. The Morgan fingerprint density at radius 3 is 0.844 bits per heavy atom. The molecule has 0 radical (unpaired) electrons. The van der Waals surface area contributed by atoms with Crippen molar-refractivity contribution in [3.8, 4) is 0 Å². The van der Waals surface area contributed by atoms with Crippen molar-refractivity contribution < 1.29 is 80.2 Å². The summed E-state index contributed by atoms with van der Waals surface area (Å²) in [5, 5.41) is 10.6. The Hall–Kier alpha value is -1.94. The molecule has 0 heterocycles. The van der Waals surface area contributed by atoms with Crippen LogP contribution < -0.4 is 0 Å². The van der Waals surface area contributed by atoms with Crippen LogP contribution in [0.25, 0.3) is 0 Å². The molecule has 19 heteroatoms. The first-order valence-electron chi connectivity index (χ1n) is 36.9. The third-order valence-corrected chi connectivity index (χ3v) is 19.0. The standard InChI is InChI=1S/C71H138O17P2/c1-8-11-12-13-14-15-16-17-18-21-24-30-38-45-52-68(73)81-58-66(87-70(75)54-47-40-31-25-22-19-20-23-28-35-42-49-62(4)5)60-85-89(77,78)83-56-65(72)57-84-90(79,80)86-61-67(59-82-69(74)53-46-39-34-33-37-44-51-64(7)10-3)88-71(76)55-48-41-32-27-26-29-36-43-50-63(6)9-2/h62-67,72H,8-61H2,1-7H3,(H,77,78)(H,79,80)/t63?,64?,65-,66-,67-/m1/s1. The first-order chi connectivity index (χ1) is 43.3. The Balaban J connectivity index is 5.27. The van der Waals surface area contributed by atoms with Crippen LogP contribution in [0, 0.1) is 17.8 Å². The highest BCUT2D eigenvalue weighted by Gasteiger charge is 2.30. The van der Waals surface area contributed by atoms with Gasteiger partial charge in [-0.2, -0.15) is 0 Å². The van der Waals surface area contributed by atoms with Crippen LogP contribution in [0.1, 0.15) is 357 Å². The van der Waals surface area contributed by atoms with Gasteiger partial charge in [-0.05, 0) is 43.4 Å². The zero-order valence-corrected chi connectivity index (χ0v) is 60.4. The molecular formula is C71H138O17P2. The fourth-order valence-corrected chi connectivity index (χ4v) is 12.2. The molecule has 0 rings (SSSR count). The predicted molar refractivity (Wildman–Crippen MR) is 363 cm³/mol. The molecule has 0 fully saturated rings. The first kappa shape index (κ1) is 88.1. The number of hydrogen-bond acceptors (Lipinski definition) is 15. The molecule has 0 saturated carbocycles. The summed E-state index contributed by atoms with van der Waals surface area (Å²) in [6, 6.07) is 0. The number of rotatable bonds is 69. The van der Waals surface area contributed by atoms with Crippen molar-refractivity contribution in [2.24, 2.45) is 17.8 Å². The minimum atomic E-state index is -4.95. The molecule has 3 N–H and O–H groups in total. The van der Waals surface area contributed by atoms with E-state index in [4.69, 9.17) is 37.0 Å². The van der Waals surface area contributed by atoms with Gasteiger partial charge in [0, 0.05) is 25.7 Å². The first-order valence-corrected chi connectivity index (χ1v) is 39.9. The second-order valence-corrected chi connectivity index (χ2v) is 29.5. The maximum absolute atomic E-state index is 13.0. The molecule has 0 amide bonds. The number of phosphoric ester groups is 2. The lowest BCUT2D eigenvalue weighted by Gasteiger charge is -2.21. The Morgan fingerprint density at radius 1 is 0.322 bits per heavy atom. The Bertz CT molecular complexity index is 1770. The summed E-state index contributed by atoms with van der Waals surface area (Å²) in [5.41, 5.74) is 0. The molecule has 0 spiro atoms. The van der Waals surface area contributed by atoms with Gasteiger partial charge in [-0.1, -0.05) is 305 Å². The third-order valence-electron chi connectivity index (χ3n) is 17.1. The lowest BCUT2D eigenvalue weighted by Crippen LogP contribution is -2.30. The topological polar surface area (TPSA) is 237 Å². The van der Waals surface area contributed by atoms with E-state index >= 15 is 0 Å². The van der Waals surface area contributed by atoms with Gasteiger partial charge >= 0.3 is 39.5 Å². The number of aliphatic hydroxyl groups is 1. The van der Waals surface area contributed by atoms with Gasteiger partial charge in [-0.3, -0.25) is 37.3 Å². The third kappa shape index (κ3) is 62.2. The molecule has 0 aliphatic carbocycles. The molecule has 0 aromatic heterocycles. The molecular weight excluding hydrogens is 1190 g/mol. The van der Waals surface area contributed by atoms with Gasteiger partial charge in [-0.15, -0.1) is 0 Å². The van der Waals surface area contributed by atoms with E-state index in [1.165, 1.54) is 161 Å². The van der Waals surface area contributed by atoms with E-state index in [1.54, 1.807) is 0 Å². The normalized spacial score (nSPS) is 14.8. The van der Waals surface area contributed by atoms with Crippen molar-refractivity contribution in [3.05, 3.63) is 0 Å². The summed E-state index contributed by atoms with van der Waals surface area (Å²) in [4.78, 5) is 72.6. The Morgan fingerprint density at radius 2 is 0.567 bits per heavy atom. The summed E-state index contributed by atoms with van der Waals surface area (Å²) < 4.78 is 68.3. The molecule has 0 saturated heterocycles. The number of unbranched alkanes of at least 4 members (excludes halogenated alkanes) is 35. The van der Waals surface area contributed by atoms with Crippen LogP contribution >= 0.6 is 15.6 Å². The molecule has 0 aliphatic rings. The van der Waals surface area contributed by atoms with Gasteiger partial charge in [0.2, 0.25) is 0 Å². The van der Waals surface area contributed by atoms with Gasteiger partial charge in [0.25, 0.3) is 0 Å². The smallest absolute Gasteiger partial charge is 0.462 e. The van der Waals surface area contributed by atoms with Gasteiger partial charge in [0.1, 0.15) is 19.3 Å². The van der Waals surface area contributed by atoms with E-state index in [0.717, 1.165) is 114 Å². The largest absolute Gasteiger partial charge is 0.472 e. The van der Waals surface area contributed by atoms with Crippen LogP contribution in [-0.4, -0.2) is 96.7 Å². The van der Waals surface area contributed by atoms with Crippen molar-refractivity contribution in [2.75, 3.05) is 39.6 Å². The van der Waals surface area contributed by atoms with Crippen LogP contribution in [0.3, 0.4) is 0 Å². The van der Waals surface area contributed by atoms with Crippen molar-refractivity contribution >= 4 is 39.5 Å². The van der Waals surface area contributed by atoms with Crippen molar-refractivity contribution in [1.82, 2.24) is 0 Å². The maximum Gasteiger partial charge on any atom is 0.472 e. The summed E-state index contributed by atoms with van der Waals surface area (Å²) in [5.74, 6) is 0.140. The molecule has 0 bridgehead atoms. The fraction of sp³-hybridized carbons (Fsp3) is 0.944. The lowest BCUT2D eigenvalue weighted by atomic mass is 9.99. The van der Waals surface area contributed by atoms with Gasteiger partial charge in [-0.25, -0.2) is 9.13 Å². The van der Waals surface area contributed by atoms with Crippen LogP contribution in [0.4, 0.5) is 0 Å². The molecule has 90 heavy (non-hydrogen) atoms. The van der Waals surface area contributed by atoms with E-state index in [9.17, 15) is 43.2 Å². The van der Waals surface area contributed by atoms with Gasteiger partial charge < -0.3 is 33.8 Å². The van der Waals surface area contributed by atoms with Crippen LogP contribution in [0.5, 0.6) is 0 Å². The second kappa shape index (κ2) is 61.9. The fourth-order valence-electron chi connectivity index (χ4n) is 10.7. The number of hydrogen-bond donors (Lipinski definition) is 3. The van der Waals surface area contributed by atoms with E-state index < -0.39 is 97.5 Å². The molecule has 0 aromatic rings. The van der Waals surface area contributed by atoms with Crippen molar-refractivity contribution in [2.45, 2.75) is 375 Å². The van der Waals surface area contributed by atoms with Crippen LogP contribution in [0.15, 0.2) is 0 Å². The average Bonchev–Trinajstić information content (AvgIpc) is 2.73. The molecule has 7 atom stereocenters. The number of aliphatic hydroxyl groups excluding tert-OH is 1. The quantitative estimate of drug-likeness (QED) is 0.0222. The Kier molecular flexibility index (Phi) is 60.6. The SMILES string of the molecule is CCCCCCCCCCCCCCCCC(=O)OC[C@H](COP(=O)(O)OC[C@@H](O)COP(=O)(O)OC[C@@H](COC(=O)CCCCCCCCC(C)CC)OC(=O)CCCCCCCCCCC(C)CC)OC(=O)CCCCCCCCCCCCCC(C)C. The van der Waals surface area contributed by atoms with Gasteiger partial charge in [0.05, 0.1) is 26.4 Å². The number of carbonyl (C=O) groups excluding carboxylic acids is 4. The van der Waals surface area contributed by atoms with E-state index in [0.29, 0.717) is 25.7 Å². The average molecular weight is 1330 g/mol. The molecule has 17 nitrogen and oxygen atoms in total. The van der Waals surface area contributed by atoms with Crippen molar-refractivity contribution in [3.63, 3.8) is 0 Å². The summed E-state index contributed by atoms with van der Waals surface area (Å²) in [6.45, 7) is 11.8. The highest BCUT2D eigenvalue weighted by molar-refractivity contribution is 7.47. The number of ether oxygens (including phenoxy) is 4. The highest BCUT2D eigenvalue weighted by atomic mass is 31.2. The highest BCUT2D eigenvalue weighted by Crippen LogP contribution is 2.45. The maximum atomic E-state index is 13.0. The van der Waals surface area contributed by atoms with Crippen LogP contribution in [-0.2, 0) is 65.4 Å². The molecule has 534 valence electrons. The zero-order chi connectivity index (χ0) is 66.6. The Labute approximate surface area is 549 Å².